The van der Waals surface area contributed by atoms with Crippen molar-refractivity contribution in [2.75, 3.05) is 11.9 Å². The van der Waals surface area contributed by atoms with Gasteiger partial charge in [0.1, 0.15) is 5.75 Å². The normalized spacial score (nSPS) is 16.4. The Morgan fingerprint density at radius 1 is 1.35 bits per heavy atom. The largest absolute Gasteiger partial charge is 0.491 e. The fraction of sp³-hybridized carbons (Fsp3) is 0.533. The first kappa shape index (κ1) is 14.7. The summed E-state index contributed by atoms with van der Waals surface area (Å²) >= 11 is 0. The van der Waals surface area contributed by atoms with Crippen molar-refractivity contribution in [3.05, 3.63) is 24.3 Å². The molecule has 0 bridgehead atoms. The van der Waals surface area contributed by atoms with Crippen LogP contribution in [0.3, 0.4) is 0 Å². The molecule has 0 heterocycles. The zero-order valence-corrected chi connectivity index (χ0v) is 12.0. The molecule has 110 valence electrons. The highest BCUT2D eigenvalue weighted by Gasteiger charge is 2.34. The number of hydrogen-bond donors (Lipinski definition) is 3. The number of carbonyl (C=O) groups excluding carboxylic acids is 1. The van der Waals surface area contributed by atoms with Crippen molar-refractivity contribution in [3.8, 4) is 5.75 Å². The van der Waals surface area contributed by atoms with Gasteiger partial charge in [0.15, 0.2) is 0 Å². The highest BCUT2D eigenvalue weighted by Crippen LogP contribution is 2.30. The lowest BCUT2D eigenvalue weighted by Crippen LogP contribution is -2.48. The van der Waals surface area contributed by atoms with Crippen molar-refractivity contribution in [3.63, 3.8) is 0 Å². The Hall–Kier alpha value is -1.75. The van der Waals surface area contributed by atoms with Crippen LogP contribution in [0.25, 0.3) is 0 Å². The molecule has 1 fully saturated rings. The van der Waals surface area contributed by atoms with Gasteiger partial charge in [-0.25, -0.2) is 4.79 Å². The maximum atomic E-state index is 11.7. The van der Waals surface area contributed by atoms with Gasteiger partial charge in [-0.2, -0.15) is 0 Å². The number of aliphatic hydroxyl groups is 1. The Bertz CT molecular complexity index is 453. The molecule has 0 aromatic heterocycles. The molecule has 5 nitrogen and oxygen atoms in total. The number of benzene rings is 1. The highest BCUT2D eigenvalue weighted by atomic mass is 16.5. The first-order valence-corrected chi connectivity index (χ1v) is 7.01. The summed E-state index contributed by atoms with van der Waals surface area (Å²) in [6.45, 7) is 4.23. The molecule has 0 aliphatic heterocycles. The van der Waals surface area contributed by atoms with E-state index in [1.807, 2.05) is 26.0 Å². The van der Waals surface area contributed by atoms with E-state index in [4.69, 9.17) is 4.74 Å². The van der Waals surface area contributed by atoms with E-state index in [-0.39, 0.29) is 12.1 Å². The number of anilines is 1. The fourth-order valence-corrected chi connectivity index (χ4v) is 2.07. The third kappa shape index (κ3) is 4.13. The third-order valence-electron chi connectivity index (χ3n) is 3.35. The molecule has 0 spiro atoms. The number of hydrogen-bond acceptors (Lipinski definition) is 3. The SMILES string of the molecule is CC(C)Oc1ccc(NC(=O)NCC2(O)CCC2)cc1. The first-order valence-electron chi connectivity index (χ1n) is 7.01. The molecule has 1 aromatic carbocycles. The van der Waals surface area contributed by atoms with Crippen molar-refractivity contribution in [2.24, 2.45) is 0 Å². The van der Waals surface area contributed by atoms with Crippen LogP contribution in [0.2, 0.25) is 0 Å². The smallest absolute Gasteiger partial charge is 0.319 e. The van der Waals surface area contributed by atoms with Crippen LogP contribution in [-0.2, 0) is 0 Å². The molecule has 2 rings (SSSR count). The molecule has 1 saturated carbocycles. The van der Waals surface area contributed by atoms with Crippen molar-refractivity contribution in [2.45, 2.75) is 44.8 Å². The second-order valence-corrected chi connectivity index (χ2v) is 5.58. The van der Waals surface area contributed by atoms with Crippen molar-refractivity contribution < 1.29 is 14.6 Å². The number of nitrogens with one attached hydrogen (secondary N) is 2. The zero-order valence-electron chi connectivity index (χ0n) is 12.0. The Morgan fingerprint density at radius 2 is 2.00 bits per heavy atom. The summed E-state index contributed by atoms with van der Waals surface area (Å²) in [6.07, 6.45) is 2.67. The van der Waals surface area contributed by atoms with E-state index in [1.54, 1.807) is 12.1 Å². The maximum Gasteiger partial charge on any atom is 0.319 e. The first-order chi connectivity index (χ1) is 9.47. The van der Waals surface area contributed by atoms with E-state index in [0.29, 0.717) is 12.2 Å². The molecule has 2 amide bonds. The zero-order chi connectivity index (χ0) is 14.6. The second kappa shape index (κ2) is 6.13. The molecule has 0 unspecified atom stereocenters. The van der Waals surface area contributed by atoms with Gasteiger partial charge in [0.25, 0.3) is 0 Å². The van der Waals surface area contributed by atoms with Crippen LogP contribution in [0.15, 0.2) is 24.3 Å². The number of urea groups is 1. The van der Waals surface area contributed by atoms with Crippen LogP contribution < -0.4 is 15.4 Å². The molecule has 1 aliphatic carbocycles. The summed E-state index contributed by atoms with van der Waals surface area (Å²) < 4.78 is 5.53. The molecule has 20 heavy (non-hydrogen) atoms. The van der Waals surface area contributed by atoms with Gasteiger partial charge in [-0.05, 0) is 57.4 Å². The average molecular weight is 278 g/mol. The summed E-state index contributed by atoms with van der Waals surface area (Å²) in [5, 5.41) is 15.3. The van der Waals surface area contributed by atoms with E-state index in [0.717, 1.165) is 25.0 Å². The minimum atomic E-state index is -0.702. The molecule has 5 heteroatoms. The van der Waals surface area contributed by atoms with Gasteiger partial charge in [-0.1, -0.05) is 0 Å². The lowest BCUT2D eigenvalue weighted by molar-refractivity contribution is -0.0287. The molecule has 0 radical (unpaired) electrons. The minimum absolute atomic E-state index is 0.125. The van der Waals surface area contributed by atoms with E-state index >= 15 is 0 Å². The molecule has 1 aliphatic rings. The Morgan fingerprint density at radius 3 is 2.50 bits per heavy atom. The van der Waals surface area contributed by atoms with Gasteiger partial charge in [-0.15, -0.1) is 0 Å². The summed E-state index contributed by atoms with van der Waals surface area (Å²) in [6, 6.07) is 6.90. The summed E-state index contributed by atoms with van der Waals surface area (Å²) in [5.74, 6) is 0.773. The molecular formula is C15H22N2O3. The number of carbonyl (C=O) groups is 1. The van der Waals surface area contributed by atoms with Crippen LogP contribution in [0.5, 0.6) is 5.75 Å². The fourth-order valence-electron chi connectivity index (χ4n) is 2.07. The van der Waals surface area contributed by atoms with Crippen LogP contribution in [0.4, 0.5) is 10.5 Å². The molecule has 3 N–H and O–H groups in total. The lowest BCUT2D eigenvalue weighted by atomic mass is 9.80. The quantitative estimate of drug-likeness (QED) is 0.775. The van der Waals surface area contributed by atoms with Gasteiger partial charge < -0.3 is 20.5 Å². The van der Waals surface area contributed by atoms with Gasteiger partial charge in [0.05, 0.1) is 11.7 Å². The predicted octanol–water partition coefficient (Wildman–Crippen LogP) is 2.51. The highest BCUT2D eigenvalue weighted by molar-refractivity contribution is 5.89. The third-order valence-corrected chi connectivity index (χ3v) is 3.35. The lowest BCUT2D eigenvalue weighted by Gasteiger charge is -2.36. The minimum Gasteiger partial charge on any atom is -0.491 e. The van der Waals surface area contributed by atoms with Gasteiger partial charge in [0.2, 0.25) is 0 Å². The molecule has 1 aromatic rings. The molecule has 0 atom stereocenters. The topological polar surface area (TPSA) is 70.6 Å². The van der Waals surface area contributed by atoms with Crippen molar-refractivity contribution >= 4 is 11.7 Å². The molecular weight excluding hydrogens is 256 g/mol. The predicted molar refractivity (Wildman–Crippen MR) is 78.0 cm³/mol. The number of rotatable bonds is 5. The van der Waals surface area contributed by atoms with Crippen LogP contribution in [0.1, 0.15) is 33.1 Å². The van der Waals surface area contributed by atoms with Crippen molar-refractivity contribution in [1.29, 1.82) is 0 Å². The second-order valence-electron chi connectivity index (χ2n) is 5.58. The van der Waals surface area contributed by atoms with Crippen LogP contribution in [-0.4, -0.2) is 29.4 Å². The number of amides is 2. The Kier molecular flexibility index (Phi) is 4.49. The van der Waals surface area contributed by atoms with Gasteiger partial charge >= 0.3 is 6.03 Å². The van der Waals surface area contributed by atoms with Crippen LogP contribution >= 0.6 is 0 Å². The number of ether oxygens (including phenoxy) is 1. The maximum absolute atomic E-state index is 11.7. The monoisotopic (exact) mass is 278 g/mol. The van der Waals surface area contributed by atoms with E-state index < -0.39 is 5.60 Å². The van der Waals surface area contributed by atoms with Crippen LogP contribution in [0, 0.1) is 0 Å². The molecule has 0 saturated heterocycles. The average Bonchev–Trinajstić information content (AvgIpc) is 2.36. The van der Waals surface area contributed by atoms with Gasteiger partial charge in [-0.3, -0.25) is 0 Å². The van der Waals surface area contributed by atoms with Crippen molar-refractivity contribution in [1.82, 2.24) is 5.32 Å². The summed E-state index contributed by atoms with van der Waals surface area (Å²) in [5.41, 5.74) is -0.00837. The summed E-state index contributed by atoms with van der Waals surface area (Å²) in [7, 11) is 0. The Balaban J connectivity index is 1.78. The van der Waals surface area contributed by atoms with Gasteiger partial charge in [0, 0.05) is 12.2 Å². The Labute approximate surface area is 119 Å². The summed E-state index contributed by atoms with van der Waals surface area (Å²) in [4.78, 5) is 11.7. The standard InChI is InChI=1S/C15H22N2O3/c1-11(2)20-13-6-4-12(5-7-13)17-14(18)16-10-15(19)8-3-9-15/h4-7,11,19H,3,8-10H2,1-2H3,(H2,16,17,18). The van der Waals surface area contributed by atoms with E-state index in [1.165, 1.54) is 0 Å². The van der Waals surface area contributed by atoms with E-state index in [2.05, 4.69) is 10.6 Å². The van der Waals surface area contributed by atoms with E-state index in [9.17, 15) is 9.90 Å².